The van der Waals surface area contributed by atoms with Crippen LogP contribution < -0.4 is 11.1 Å². The van der Waals surface area contributed by atoms with Crippen molar-refractivity contribution in [1.82, 2.24) is 20.2 Å². The van der Waals surface area contributed by atoms with E-state index in [1.165, 1.54) is 18.6 Å². The van der Waals surface area contributed by atoms with Gasteiger partial charge in [-0.05, 0) is 6.07 Å². The van der Waals surface area contributed by atoms with E-state index < -0.39 is 5.91 Å². The lowest BCUT2D eigenvalue weighted by Gasteiger charge is -2.00. The second-order valence-corrected chi connectivity index (χ2v) is 2.73. The number of rotatable bonds is 2. The molecule has 0 aromatic carbocycles. The van der Waals surface area contributed by atoms with E-state index in [-0.39, 0.29) is 17.3 Å². The molecule has 7 heteroatoms. The molecular formula is C8H8N6O. The smallest absolute Gasteiger partial charge is 0.278 e. The van der Waals surface area contributed by atoms with Crippen molar-refractivity contribution in [3.05, 3.63) is 30.4 Å². The first kappa shape index (κ1) is 9.13. The zero-order valence-electron chi connectivity index (χ0n) is 7.64. The molecule has 7 nitrogen and oxygen atoms in total. The minimum absolute atomic E-state index is 0.197. The normalized spacial score (nSPS) is 9.87. The van der Waals surface area contributed by atoms with Gasteiger partial charge < -0.3 is 5.73 Å². The van der Waals surface area contributed by atoms with E-state index in [0.717, 1.165) is 0 Å². The van der Waals surface area contributed by atoms with E-state index in [1.54, 1.807) is 6.07 Å². The zero-order chi connectivity index (χ0) is 10.7. The van der Waals surface area contributed by atoms with Gasteiger partial charge in [0.25, 0.3) is 5.91 Å². The highest BCUT2D eigenvalue weighted by atomic mass is 16.2. The molecule has 2 rings (SSSR count). The van der Waals surface area contributed by atoms with Gasteiger partial charge in [-0.3, -0.25) is 15.2 Å². The Balaban J connectivity index is 2.15. The fourth-order valence-electron chi connectivity index (χ4n) is 1.01. The Hall–Kier alpha value is -2.44. The molecule has 0 unspecified atom stereocenters. The molecule has 2 aromatic rings. The number of aromatic nitrogens is 4. The van der Waals surface area contributed by atoms with Gasteiger partial charge in [0, 0.05) is 12.4 Å². The van der Waals surface area contributed by atoms with Crippen molar-refractivity contribution in [3.8, 4) is 0 Å². The zero-order valence-corrected chi connectivity index (χ0v) is 7.64. The standard InChI is InChI=1S/C8H8N6O/c9-5-4-12-14-6(5)7(15)13-8-10-2-1-3-11-8/h1-4H,9H2,(H,12,14)(H,10,11,13,15). The SMILES string of the molecule is Nc1cn[nH]c1C(=O)Nc1ncccn1. The summed E-state index contributed by atoms with van der Waals surface area (Å²) < 4.78 is 0. The largest absolute Gasteiger partial charge is 0.396 e. The number of carbonyl (C=O) groups is 1. The molecule has 76 valence electrons. The van der Waals surface area contributed by atoms with Crippen molar-refractivity contribution in [1.29, 1.82) is 0 Å². The lowest BCUT2D eigenvalue weighted by molar-refractivity contribution is 0.102. The Morgan fingerprint density at radius 3 is 2.73 bits per heavy atom. The number of H-pyrrole nitrogens is 1. The Labute approximate surface area is 84.7 Å². The average Bonchev–Trinajstić information content (AvgIpc) is 2.66. The van der Waals surface area contributed by atoms with Gasteiger partial charge >= 0.3 is 0 Å². The summed E-state index contributed by atoms with van der Waals surface area (Å²) in [6.07, 6.45) is 4.42. The number of nitrogens with zero attached hydrogens (tertiary/aromatic N) is 3. The van der Waals surface area contributed by atoms with Crippen molar-refractivity contribution in [2.24, 2.45) is 0 Å². The summed E-state index contributed by atoms with van der Waals surface area (Å²) in [5, 5.41) is 8.59. The third-order valence-corrected chi connectivity index (χ3v) is 1.69. The van der Waals surface area contributed by atoms with E-state index in [0.29, 0.717) is 0 Å². The molecule has 0 saturated heterocycles. The number of carbonyl (C=O) groups excluding carboxylic acids is 1. The van der Waals surface area contributed by atoms with Crippen molar-refractivity contribution in [2.45, 2.75) is 0 Å². The van der Waals surface area contributed by atoms with E-state index >= 15 is 0 Å². The summed E-state index contributed by atoms with van der Waals surface area (Å²) in [6, 6.07) is 1.65. The van der Waals surface area contributed by atoms with Gasteiger partial charge in [-0.15, -0.1) is 0 Å². The molecule has 0 aliphatic heterocycles. The maximum Gasteiger partial charge on any atom is 0.278 e. The molecule has 0 radical (unpaired) electrons. The fourth-order valence-corrected chi connectivity index (χ4v) is 1.01. The number of amides is 1. The number of nitrogens with one attached hydrogen (secondary N) is 2. The predicted octanol–water partition coefficient (Wildman–Crippen LogP) is 0.0342. The highest BCUT2D eigenvalue weighted by molar-refractivity contribution is 6.05. The number of nitrogens with two attached hydrogens (primary N) is 1. The molecule has 0 spiro atoms. The van der Waals surface area contributed by atoms with Crippen LogP contribution in [0.1, 0.15) is 10.5 Å². The Kier molecular flexibility index (Phi) is 2.28. The van der Waals surface area contributed by atoms with Crippen LogP contribution in [0.3, 0.4) is 0 Å². The number of aromatic amines is 1. The Morgan fingerprint density at radius 2 is 2.13 bits per heavy atom. The molecule has 0 aliphatic carbocycles. The van der Waals surface area contributed by atoms with Crippen LogP contribution in [0.4, 0.5) is 11.6 Å². The van der Waals surface area contributed by atoms with E-state index in [4.69, 9.17) is 5.73 Å². The monoisotopic (exact) mass is 204 g/mol. The minimum Gasteiger partial charge on any atom is -0.396 e. The molecule has 4 N–H and O–H groups in total. The molecule has 0 saturated carbocycles. The lowest BCUT2D eigenvalue weighted by Crippen LogP contribution is -2.15. The van der Waals surface area contributed by atoms with Gasteiger partial charge in [0.05, 0.1) is 11.9 Å². The van der Waals surface area contributed by atoms with Crippen LogP contribution in [0.2, 0.25) is 0 Å². The molecule has 1 amide bonds. The molecule has 15 heavy (non-hydrogen) atoms. The first-order chi connectivity index (χ1) is 7.27. The van der Waals surface area contributed by atoms with E-state index in [9.17, 15) is 4.79 Å². The van der Waals surface area contributed by atoms with Gasteiger partial charge in [-0.25, -0.2) is 9.97 Å². The van der Waals surface area contributed by atoms with Gasteiger partial charge in [0.2, 0.25) is 5.95 Å². The van der Waals surface area contributed by atoms with Crippen molar-refractivity contribution >= 4 is 17.5 Å². The van der Waals surface area contributed by atoms with Crippen LogP contribution in [0.25, 0.3) is 0 Å². The summed E-state index contributed by atoms with van der Waals surface area (Å²) in [7, 11) is 0. The van der Waals surface area contributed by atoms with Crippen molar-refractivity contribution < 1.29 is 4.79 Å². The van der Waals surface area contributed by atoms with Gasteiger partial charge in [-0.2, -0.15) is 5.10 Å². The van der Waals surface area contributed by atoms with E-state index in [2.05, 4.69) is 25.5 Å². The quantitative estimate of drug-likeness (QED) is 0.639. The van der Waals surface area contributed by atoms with Crippen LogP contribution in [0, 0.1) is 0 Å². The third-order valence-electron chi connectivity index (χ3n) is 1.69. The number of hydrogen-bond donors (Lipinski definition) is 3. The number of nitrogen functional groups attached to an aromatic ring is 1. The molecule has 0 fully saturated rings. The molecule has 0 atom stereocenters. The highest BCUT2D eigenvalue weighted by Gasteiger charge is 2.12. The second-order valence-electron chi connectivity index (χ2n) is 2.73. The van der Waals surface area contributed by atoms with Crippen molar-refractivity contribution in [3.63, 3.8) is 0 Å². The van der Waals surface area contributed by atoms with Gasteiger partial charge in [0.15, 0.2) is 0 Å². The summed E-state index contributed by atoms with van der Waals surface area (Å²) in [6.45, 7) is 0. The van der Waals surface area contributed by atoms with Gasteiger partial charge in [-0.1, -0.05) is 0 Å². The summed E-state index contributed by atoms with van der Waals surface area (Å²) in [5.41, 5.74) is 5.98. The second kappa shape index (κ2) is 3.74. The fraction of sp³-hybridized carbons (Fsp3) is 0. The number of anilines is 2. The van der Waals surface area contributed by atoms with Crippen LogP contribution in [0.5, 0.6) is 0 Å². The van der Waals surface area contributed by atoms with Crippen LogP contribution in [-0.2, 0) is 0 Å². The average molecular weight is 204 g/mol. The first-order valence-corrected chi connectivity index (χ1v) is 4.14. The van der Waals surface area contributed by atoms with Gasteiger partial charge in [0.1, 0.15) is 5.69 Å². The van der Waals surface area contributed by atoms with E-state index in [1.807, 2.05) is 0 Å². The Morgan fingerprint density at radius 1 is 1.40 bits per heavy atom. The summed E-state index contributed by atoms with van der Waals surface area (Å²) in [5.74, 6) is -0.201. The molecule has 2 aromatic heterocycles. The molecule has 0 aliphatic rings. The lowest BCUT2D eigenvalue weighted by atomic mass is 10.3. The highest BCUT2D eigenvalue weighted by Crippen LogP contribution is 2.07. The maximum atomic E-state index is 11.6. The topological polar surface area (TPSA) is 110 Å². The molecule has 2 heterocycles. The van der Waals surface area contributed by atoms with Crippen LogP contribution >= 0.6 is 0 Å². The molecular weight excluding hydrogens is 196 g/mol. The third kappa shape index (κ3) is 1.90. The number of hydrogen-bond acceptors (Lipinski definition) is 5. The Bertz CT molecular complexity index is 465. The summed E-state index contributed by atoms with van der Waals surface area (Å²) >= 11 is 0. The first-order valence-electron chi connectivity index (χ1n) is 4.14. The van der Waals surface area contributed by atoms with Crippen LogP contribution in [-0.4, -0.2) is 26.1 Å². The minimum atomic E-state index is -0.420. The maximum absolute atomic E-state index is 11.6. The van der Waals surface area contributed by atoms with Crippen LogP contribution in [0.15, 0.2) is 24.7 Å². The molecule has 0 bridgehead atoms. The predicted molar refractivity (Wildman–Crippen MR) is 53.0 cm³/mol. The van der Waals surface area contributed by atoms with Crippen molar-refractivity contribution in [2.75, 3.05) is 11.1 Å². The summed E-state index contributed by atoms with van der Waals surface area (Å²) in [4.78, 5) is 19.2.